The number of hydrogen-bond donors (Lipinski definition) is 1. The number of aryl methyl sites for hydroxylation is 2. The molecule has 0 amide bonds. The number of ether oxygens (including phenoxy) is 1. The minimum Gasteiger partial charge on any atom is -0.480 e. The third-order valence-corrected chi connectivity index (χ3v) is 3.19. The maximum atomic E-state index is 5.04. The zero-order valence-corrected chi connectivity index (χ0v) is 12.4. The van der Waals surface area contributed by atoms with Crippen molar-refractivity contribution >= 4 is 0 Å². The van der Waals surface area contributed by atoms with Gasteiger partial charge in [-0.1, -0.05) is 6.92 Å². The summed E-state index contributed by atoms with van der Waals surface area (Å²) in [4.78, 5) is 0. The Morgan fingerprint density at radius 2 is 2.15 bits per heavy atom. The maximum absolute atomic E-state index is 5.04. The third kappa shape index (κ3) is 3.33. The molecule has 2 aromatic rings. The molecule has 0 aliphatic heterocycles. The van der Waals surface area contributed by atoms with E-state index in [9.17, 15) is 0 Å². The molecular formula is C14H21N5O. The van der Waals surface area contributed by atoms with Crippen LogP contribution in [-0.4, -0.2) is 33.6 Å². The van der Waals surface area contributed by atoms with Gasteiger partial charge in [-0.05, 0) is 25.6 Å². The van der Waals surface area contributed by atoms with Crippen LogP contribution in [0.4, 0.5) is 0 Å². The van der Waals surface area contributed by atoms with E-state index in [-0.39, 0.29) is 6.04 Å². The minimum atomic E-state index is 0.119. The molecule has 1 N–H and O–H groups in total. The molecule has 0 saturated carbocycles. The van der Waals surface area contributed by atoms with E-state index in [1.54, 1.807) is 7.11 Å². The Hall–Kier alpha value is -1.95. The van der Waals surface area contributed by atoms with Gasteiger partial charge in [0, 0.05) is 25.2 Å². The van der Waals surface area contributed by atoms with Crippen molar-refractivity contribution in [2.24, 2.45) is 7.05 Å². The fourth-order valence-electron chi connectivity index (χ4n) is 2.22. The number of methoxy groups -OCH3 is 1. The SMILES string of the molecule is CCNC(Cc1cc(C)nn1C)c1ccc(OC)nn1. The summed E-state index contributed by atoms with van der Waals surface area (Å²) in [6.07, 6.45) is 0.826. The molecule has 0 aliphatic carbocycles. The lowest BCUT2D eigenvalue weighted by Gasteiger charge is -2.17. The van der Waals surface area contributed by atoms with E-state index in [0.717, 1.165) is 24.4 Å². The van der Waals surface area contributed by atoms with Crippen LogP contribution in [0, 0.1) is 6.92 Å². The molecule has 0 aliphatic rings. The Morgan fingerprint density at radius 3 is 2.65 bits per heavy atom. The highest BCUT2D eigenvalue weighted by Crippen LogP contribution is 2.17. The van der Waals surface area contributed by atoms with Gasteiger partial charge >= 0.3 is 0 Å². The number of hydrogen-bond acceptors (Lipinski definition) is 5. The molecule has 2 heterocycles. The molecule has 0 bridgehead atoms. The summed E-state index contributed by atoms with van der Waals surface area (Å²) in [6.45, 7) is 4.95. The summed E-state index contributed by atoms with van der Waals surface area (Å²) in [7, 11) is 3.55. The lowest BCUT2D eigenvalue weighted by Crippen LogP contribution is -2.25. The molecule has 1 atom stereocenters. The van der Waals surface area contributed by atoms with E-state index in [1.165, 1.54) is 5.69 Å². The Kier molecular flexibility index (Phi) is 4.68. The molecule has 0 radical (unpaired) electrons. The van der Waals surface area contributed by atoms with Crippen LogP contribution in [0.1, 0.15) is 30.0 Å². The number of likely N-dealkylation sites (N-methyl/N-ethyl adjacent to an activating group) is 1. The molecule has 0 spiro atoms. The molecule has 20 heavy (non-hydrogen) atoms. The van der Waals surface area contributed by atoms with Gasteiger partial charge in [-0.15, -0.1) is 5.10 Å². The van der Waals surface area contributed by atoms with Crippen LogP contribution in [0.5, 0.6) is 5.88 Å². The van der Waals surface area contributed by atoms with Crippen molar-refractivity contribution in [1.29, 1.82) is 0 Å². The van der Waals surface area contributed by atoms with E-state index in [0.29, 0.717) is 5.88 Å². The first-order valence-electron chi connectivity index (χ1n) is 6.74. The van der Waals surface area contributed by atoms with Crippen molar-refractivity contribution in [3.63, 3.8) is 0 Å². The average molecular weight is 275 g/mol. The van der Waals surface area contributed by atoms with Crippen molar-refractivity contribution < 1.29 is 4.74 Å². The Labute approximate surface area is 119 Å². The molecule has 108 valence electrons. The van der Waals surface area contributed by atoms with Gasteiger partial charge in [0.2, 0.25) is 5.88 Å². The monoisotopic (exact) mass is 275 g/mol. The number of rotatable bonds is 6. The summed E-state index contributed by atoms with van der Waals surface area (Å²) in [6, 6.07) is 6.00. The van der Waals surface area contributed by atoms with E-state index in [1.807, 2.05) is 30.8 Å². The zero-order valence-electron chi connectivity index (χ0n) is 12.4. The van der Waals surface area contributed by atoms with E-state index < -0.39 is 0 Å². The van der Waals surface area contributed by atoms with E-state index >= 15 is 0 Å². The highest BCUT2D eigenvalue weighted by molar-refractivity contribution is 5.17. The van der Waals surface area contributed by atoms with Gasteiger partial charge < -0.3 is 10.1 Å². The van der Waals surface area contributed by atoms with E-state index in [2.05, 4.69) is 33.6 Å². The fourth-order valence-corrected chi connectivity index (χ4v) is 2.22. The number of aromatic nitrogens is 4. The zero-order chi connectivity index (χ0) is 14.5. The van der Waals surface area contributed by atoms with Gasteiger partial charge in [-0.3, -0.25) is 4.68 Å². The summed E-state index contributed by atoms with van der Waals surface area (Å²) in [5, 5.41) is 16.1. The van der Waals surface area contributed by atoms with Crippen molar-refractivity contribution in [2.45, 2.75) is 26.3 Å². The van der Waals surface area contributed by atoms with Crippen LogP contribution in [0.25, 0.3) is 0 Å². The molecule has 0 fully saturated rings. The van der Waals surface area contributed by atoms with Crippen LogP contribution in [-0.2, 0) is 13.5 Å². The number of nitrogens with one attached hydrogen (secondary N) is 1. The lowest BCUT2D eigenvalue weighted by atomic mass is 10.1. The quantitative estimate of drug-likeness (QED) is 0.863. The van der Waals surface area contributed by atoms with Crippen molar-refractivity contribution in [1.82, 2.24) is 25.3 Å². The van der Waals surface area contributed by atoms with Gasteiger partial charge in [-0.25, -0.2) is 0 Å². The maximum Gasteiger partial charge on any atom is 0.233 e. The molecule has 2 rings (SSSR count). The summed E-state index contributed by atoms with van der Waals surface area (Å²) in [5.41, 5.74) is 3.11. The molecular weight excluding hydrogens is 254 g/mol. The highest BCUT2D eigenvalue weighted by atomic mass is 16.5. The lowest BCUT2D eigenvalue weighted by molar-refractivity contribution is 0.389. The topological polar surface area (TPSA) is 64.9 Å². The first kappa shape index (κ1) is 14.5. The summed E-state index contributed by atoms with van der Waals surface area (Å²) < 4.78 is 6.95. The molecule has 6 nitrogen and oxygen atoms in total. The Balaban J connectivity index is 2.19. The number of nitrogens with zero attached hydrogens (tertiary/aromatic N) is 4. The van der Waals surface area contributed by atoms with Crippen LogP contribution in [0.2, 0.25) is 0 Å². The molecule has 2 aromatic heterocycles. The van der Waals surface area contributed by atoms with Crippen molar-refractivity contribution in [3.8, 4) is 5.88 Å². The van der Waals surface area contributed by atoms with Gasteiger partial charge in [0.25, 0.3) is 0 Å². The largest absolute Gasteiger partial charge is 0.480 e. The molecule has 0 aromatic carbocycles. The van der Waals surface area contributed by atoms with Gasteiger partial charge in [0.15, 0.2) is 0 Å². The summed E-state index contributed by atoms with van der Waals surface area (Å²) >= 11 is 0. The third-order valence-electron chi connectivity index (χ3n) is 3.19. The predicted molar refractivity (Wildman–Crippen MR) is 76.7 cm³/mol. The van der Waals surface area contributed by atoms with Gasteiger partial charge in [-0.2, -0.15) is 10.2 Å². The van der Waals surface area contributed by atoms with Gasteiger partial charge in [0.1, 0.15) is 0 Å². The smallest absolute Gasteiger partial charge is 0.233 e. The van der Waals surface area contributed by atoms with E-state index in [4.69, 9.17) is 4.74 Å². The highest BCUT2D eigenvalue weighted by Gasteiger charge is 2.16. The Bertz CT molecular complexity index is 549. The first-order valence-corrected chi connectivity index (χ1v) is 6.74. The average Bonchev–Trinajstić information content (AvgIpc) is 2.76. The molecule has 1 unspecified atom stereocenters. The van der Waals surface area contributed by atoms with Gasteiger partial charge in [0.05, 0.1) is 24.5 Å². The standard InChI is InChI=1S/C14H21N5O/c1-5-15-13(9-11-8-10(2)18-19(11)3)12-6-7-14(20-4)17-16-12/h6-8,13,15H,5,9H2,1-4H3. The van der Waals surface area contributed by atoms with Crippen LogP contribution < -0.4 is 10.1 Å². The fraction of sp³-hybridized carbons (Fsp3) is 0.500. The minimum absolute atomic E-state index is 0.119. The molecule has 6 heteroatoms. The van der Waals surface area contributed by atoms with Crippen molar-refractivity contribution in [2.75, 3.05) is 13.7 Å². The second-order valence-electron chi connectivity index (χ2n) is 4.72. The van der Waals surface area contributed by atoms with Crippen LogP contribution in [0.3, 0.4) is 0 Å². The Morgan fingerprint density at radius 1 is 1.35 bits per heavy atom. The second kappa shape index (κ2) is 6.47. The summed E-state index contributed by atoms with van der Waals surface area (Å²) in [5.74, 6) is 0.528. The first-order chi connectivity index (χ1) is 9.63. The second-order valence-corrected chi connectivity index (χ2v) is 4.72. The van der Waals surface area contributed by atoms with Crippen LogP contribution >= 0.6 is 0 Å². The van der Waals surface area contributed by atoms with Crippen LogP contribution in [0.15, 0.2) is 18.2 Å². The predicted octanol–water partition coefficient (Wildman–Crippen LogP) is 1.42. The van der Waals surface area contributed by atoms with Crippen molar-refractivity contribution in [3.05, 3.63) is 35.3 Å². The molecule has 0 saturated heterocycles. The normalized spacial score (nSPS) is 12.4.